The van der Waals surface area contributed by atoms with Crippen molar-refractivity contribution in [2.45, 2.75) is 26.7 Å². The maximum Gasteiger partial charge on any atom is 0.177 e. The summed E-state index contributed by atoms with van der Waals surface area (Å²) in [5, 5.41) is 0. The normalized spacial score (nSPS) is 22.8. The minimum absolute atomic E-state index is 0.0156. The zero-order valence-corrected chi connectivity index (χ0v) is 12.2. The van der Waals surface area contributed by atoms with Crippen LogP contribution in [0.3, 0.4) is 0 Å². The number of fused-ring (bicyclic) bond motifs is 2. The van der Waals surface area contributed by atoms with Crippen molar-refractivity contribution in [3.05, 3.63) is 69.8 Å². The van der Waals surface area contributed by atoms with Crippen molar-refractivity contribution in [3.8, 4) is 0 Å². The van der Waals surface area contributed by atoms with E-state index < -0.39 is 5.41 Å². The van der Waals surface area contributed by atoms with Gasteiger partial charge in [0, 0.05) is 11.1 Å². The van der Waals surface area contributed by atoms with E-state index in [1.54, 1.807) is 0 Å². The molecule has 2 aromatic carbocycles. The summed E-state index contributed by atoms with van der Waals surface area (Å²) in [5.74, 6) is 0.0398. The van der Waals surface area contributed by atoms with E-state index in [-0.39, 0.29) is 11.6 Å². The van der Waals surface area contributed by atoms with Gasteiger partial charge >= 0.3 is 0 Å². The van der Waals surface area contributed by atoms with Gasteiger partial charge in [0.1, 0.15) is 5.41 Å². The molecule has 0 aliphatic heterocycles. The molecule has 0 aromatic heterocycles. The molecule has 0 N–H and O–H groups in total. The maximum atomic E-state index is 13.0. The molecule has 2 nitrogen and oxygen atoms in total. The third-order valence-corrected chi connectivity index (χ3v) is 5.08. The SMILES string of the molecule is Cc1cccc2c1CC1(Cc3cccc(C)c3C1=O)C2=O. The Bertz CT molecular complexity index is 816. The molecule has 0 saturated carbocycles. The number of benzene rings is 2. The second-order valence-corrected chi connectivity index (χ2v) is 6.30. The van der Waals surface area contributed by atoms with E-state index in [0.29, 0.717) is 12.8 Å². The average molecular weight is 276 g/mol. The van der Waals surface area contributed by atoms with Gasteiger partial charge in [-0.3, -0.25) is 9.59 Å². The van der Waals surface area contributed by atoms with Gasteiger partial charge in [-0.15, -0.1) is 0 Å². The second kappa shape index (κ2) is 3.91. The summed E-state index contributed by atoms with van der Waals surface area (Å²) in [6.07, 6.45) is 1.11. The highest BCUT2D eigenvalue weighted by Crippen LogP contribution is 2.48. The van der Waals surface area contributed by atoms with E-state index in [0.717, 1.165) is 33.4 Å². The molecule has 0 bridgehead atoms. The topological polar surface area (TPSA) is 34.1 Å². The molecule has 4 rings (SSSR count). The zero-order chi connectivity index (χ0) is 14.8. The third kappa shape index (κ3) is 1.42. The van der Waals surface area contributed by atoms with Crippen molar-refractivity contribution in [3.63, 3.8) is 0 Å². The Labute approximate surface area is 123 Å². The van der Waals surface area contributed by atoms with Gasteiger partial charge in [-0.25, -0.2) is 0 Å². The minimum Gasteiger partial charge on any atom is -0.293 e. The van der Waals surface area contributed by atoms with E-state index in [2.05, 4.69) is 0 Å². The van der Waals surface area contributed by atoms with Gasteiger partial charge in [0.25, 0.3) is 0 Å². The van der Waals surface area contributed by atoms with Crippen LogP contribution in [0.15, 0.2) is 36.4 Å². The maximum absolute atomic E-state index is 13.0. The summed E-state index contributed by atoms with van der Waals surface area (Å²) in [6, 6.07) is 11.7. The van der Waals surface area contributed by atoms with Crippen LogP contribution in [0.4, 0.5) is 0 Å². The van der Waals surface area contributed by atoms with E-state index >= 15 is 0 Å². The largest absolute Gasteiger partial charge is 0.293 e. The summed E-state index contributed by atoms with van der Waals surface area (Å²) >= 11 is 0. The molecule has 0 heterocycles. The zero-order valence-electron chi connectivity index (χ0n) is 12.2. The number of carbonyl (C=O) groups is 2. The van der Waals surface area contributed by atoms with Crippen LogP contribution >= 0.6 is 0 Å². The predicted molar refractivity (Wildman–Crippen MR) is 80.9 cm³/mol. The monoisotopic (exact) mass is 276 g/mol. The number of rotatable bonds is 0. The van der Waals surface area contributed by atoms with Crippen LogP contribution in [0, 0.1) is 19.3 Å². The molecule has 1 spiro atoms. The first-order valence-electron chi connectivity index (χ1n) is 7.31. The number of aryl methyl sites for hydroxylation is 2. The van der Waals surface area contributed by atoms with Gasteiger partial charge in [0.2, 0.25) is 0 Å². The second-order valence-electron chi connectivity index (χ2n) is 6.30. The highest BCUT2D eigenvalue weighted by Gasteiger charge is 2.55. The van der Waals surface area contributed by atoms with Crippen molar-refractivity contribution < 1.29 is 9.59 Å². The Kier molecular flexibility index (Phi) is 2.33. The van der Waals surface area contributed by atoms with Crippen LogP contribution in [0.1, 0.15) is 43.0 Å². The molecule has 1 atom stereocenters. The van der Waals surface area contributed by atoms with Gasteiger partial charge in [-0.05, 0) is 48.9 Å². The molecule has 2 heteroatoms. The molecule has 0 saturated heterocycles. The molecule has 1 unspecified atom stereocenters. The number of hydrogen-bond donors (Lipinski definition) is 0. The first-order chi connectivity index (χ1) is 10.0. The van der Waals surface area contributed by atoms with Gasteiger partial charge in [-0.2, -0.15) is 0 Å². The lowest BCUT2D eigenvalue weighted by atomic mass is 9.79. The van der Waals surface area contributed by atoms with Crippen molar-refractivity contribution in [1.82, 2.24) is 0 Å². The van der Waals surface area contributed by atoms with Crippen LogP contribution in [0.2, 0.25) is 0 Å². The van der Waals surface area contributed by atoms with Crippen LogP contribution in [0.5, 0.6) is 0 Å². The highest BCUT2D eigenvalue weighted by molar-refractivity contribution is 6.25. The Morgan fingerprint density at radius 2 is 1.57 bits per heavy atom. The standard InChI is InChI=1S/C19H16O2/c1-11-5-4-8-14-15(11)10-19(17(14)20)9-13-7-3-6-12(2)16(13)18(19)21/h3-8H,9-10H2,1-2H3. The number of Topliss-reactive ketones (excluding diaryl/α,β-unsaturated/α-hetero) is 2. The van der Waals surface area contributed by atoms with E-state index in [1.807, 2.05) is 50.2 Å². The Balaban J connectivity index is 1.91. The van der Waals surface area contributed by atoms with Crippen LogP contribution in [-0.4, -0.2) is 11.6 Å². The van der Waals surface area contributed by atoms with E-state index in [1.165, 1.54) is 0 Å². The fourth-order valence-electron chi connectivity index (χ4n) is 3.96. The van der Waals surface area contributed by atoms with E-state index in [9.17, 15) is 9.59 Å². The summed E-state index contributed by atoms with van der Waals surface area (Å²) in [4.78, 5) is 26.0. The lowest BCUT2D eigenvalue weighted by Crippen LogP contribution is -2.34. The lowest BCUT2D eigenvalue weighted by molar-refractivity contribution is 0.0705. The van der Waals surface area contributed by atoms with Crippen LogP contribution in [0.25, 0.3) is 0 Å². The van der Waals surface area contributed by atoms with Crippen LogP contribution in [-0.2, 0) is 12.8 Å². The van der Waals surface area contributed by atoms with Gasteiger partial charge in [0.05, 0.1) is 0 Å². The molecular formula is C19H16O2. The number of hydrogen-bond acceptors (Lipinski definition) is 2. The molecular weight excluding hydrogens is 260 g/mol. The first kappa shape index (κ1) is 12.5. The first-order valence-corrected chi connectivity index (χ1v) is 7.31. The number of carbonyl (C=O) groups excluding carboxylic acids is 2. The fourth-order valence-corrected chi connectivity index (χ4v) is 3.96. The van der Waals surface area contributed by atoms with Crippen molar-refractivity contribution in [2.75, 3.05) is 0 Å². The van der Waals surface area contributed by atoms with Gasteiger partial charge < -0.3 is 0 Å². The molecule has 2 aliphatic rings. The minimum atomic E-state index is -0.872. The average Bonchev–Trinajstić information content (AvgIpc) is 2.90. The van der Waals surface area contributed by atoms with Crippen molar-refractivity contribution >= 4 is 11.6 Å². The number of ketones is 2. The molecule has 2 aromatic rings. The van der Waals surface area contributed by atoms with Gasteiger partial charge in [0.15, 0.2) is 11.6 Å². The van der Waals surface area contributed by atoms with Gasteiger partial charge in [-0.1, -0.05) is 36.4 Å². The molecule has 104 valence electrons. The smallest absolute Gasteiger partial charge is 0.177 e. The lowest BCUT2D eigenvalue weighted by Gasteiger charge is -2.18. The highest BCUT2D eigenvalue weighted by atomic mass is 16.2. The Hall–Kier alpha value is -2.22. The molecule has 2 aliphatic carbocycles. The summed E-state index contributed by atoms with van der Waals surface area (Å²) in [5.41, 5.74) is 4.82. The Morgan fingerprint density at radius 1 is 0.857 bits per heavy atom. The molecule has 0 radical (unpaired) electrons. The van der Waals surface area contributed by atoms with Crippen LogP contribution < -0.4 is 0 Å². The molecule has 0 amide bonds. The fraction of sp³-hybridized carbons (Fsp3) is 0.263. The molecule has 21 heavy (non-hydrogen) atoms. The summed E-state index contributed by atoms with van der Waals surface area (Å²) in [7, 11) is 0. The third-order valence-electron chi connectivity index (χ3n) is 5.08. The molecule has 0 fully saturated rings. The van der Waals surface area contributed by atoms with E-state index in [4.69, 9.17) is 0 Å². The van der Waals surface area contributed by atoms with Crippen molar-refractivity contribution in [1.29, 1.82) is 0 Å². The summed E-state index contributed by atoms with van der Waals surface area (Å²) < 4.78 is 0. The quantitative estimate of drug-likeness (QED) is 0.690. The van der Waals surface area contributed by atoms with Crippen molar-refractivity contribution in [2.24, 2.45) is 5.41 Å². The Morgan fingerprint density at radius 3 is 2.29 bits per heavy atom. The summed E-state index contributed by atoms with van der Waals surface area (Å²) in [6.45, 7) is 3.97. The predicted octanol–water partition coefficient (Wildman–Crippen LogP) is 3.47.